The average Bonchev–Trinajstić information content (AvgIpc) is 2.53. The summed E-state index contributed by atoms with van der Waals surface area (Å²) in [7, 11) is 0. The van der Waals surface area contributed by atoms with E-state index in [-0.39, 0.29) is 0 Å². The van der Waals surface area contributed by atoms with Crippen LogP contribution >= 0.6 is 0 Å². The van der Waals surface area contributed by atoms with E-state index in [9.17, 15) is 10.2 Å². The third-order valence-corrected chi connectivity index (χ3v) is 3.95. The SMILES string of the molecule is CC(O)N(CCN(c1ccc(N)cc1)c1ccc(N)cc1)C(C)O. The number of nitrogen functional groups attached to an aromatic ring is 2. The van der Waals surface area contributed by atoms with Gasteiger partial charge in [-0.15, -0.1) is 0 Å². The van der Waals surface area contributed by atoms with Gasteiger partial charge < -0.3 is 26.6 Å². The first kappa shape index (κ1) is 18.1. The molecular weight excluding hydrogens is 304 g/mol. The van der Waals surface area contributed by atoms with Crippen molar-refractivity contribution in [2.24, 2.45) is 0 Å². The minimum absolute atomic E-state index is 0.490. The fourth-order valence-electron chi connectivity index (χ4n) is 2.62. The Balaban J connectivity index is 2.25. The van der Waals surface area contributed by atoms with Crippen molar-refractivity contribution in [3.05, 3.63) is 48.5 Å². The second-order valence-electron chi connectivity index (χ2n) is 5.84. The molecule has 0 aliphatic rings. The molecule has 0 saturated carbocycles. The summed E-state index contributed by atoms with van der Waals surface area (Å²) >= 11 is 0. The predicted octanol–water partition coefficient (Wildman–Crippen LogP) is 1.97. The highest BCUT2D eigenvalue weighted by atomic mass is 16.3. The highest BCUT2D eigenvalue weighted by Gasteiger charge is 2.18. The van der Waals surface area contributed by atoms with E-state index in [4.69, 9.17) is 11.5 Å². The molecule has 0 aliphatic heterocycles. The Morgan fingerprint density at radius 2 is 1.12 bits per heavy atom. The van der Waals surface area contributed by atoms with Crippen LogP contribution in [0.4, 0.5) is 22.7 Å². The molecule has 2 rings (SSSR count). The molecule has 2 aromatic rings. The van der Waals surface area contributed by atoms with Crippen molar-refractivity contribution in [1.82, 2.24) is 4.90 Å². The number of anilines is 4. The summed E-state index contributed by atoms with van der Waals surface area (Å²) in [5, 5.41) is 19.6. The van der Waals surface area contributed by atoms with Crippen LogP contribution in [0.5, 0.6) is 0 Å². The number of nitrogens with zero attached hydrogens (tertiary/aromatic N) is 2. The van der Waals surface area contributed by atoms with E-state index in [1.165, 1.54) is 0 Å². The fourth-order valence-corrected chi connectivity index (χ4v) is 2.62. The molecule has 0 aliphatic carbocycles. The first-order valence-electron chi connectivity index (χ1n) is 7.99. The molecule has 24 heavy (non-hydrogen) atoms. The monoisotopic (exact) mass is 330 g/mol. The maximum Gasteiger partial charge on any atom is 0.106 e. The van der Waals surface area contributed by atoms with E-state index in [1.807, 2.05) is 48.5 Å². The van der Waals surface area contributed by atoms with Crippen molar-refractivity contribution in [1.29, 1.82) is 0 Å². The topological polar surface area (TPSA) is 99.0 Å². The van der Waals surface area contributed by atoms with Crippen LogP contribution in [0.2, 0.25) is 0 Å². The van der Waals surface area contributed by atoms with Crippen LogP contribution in [0, 0.1) is 0 Å². The molecule has 0 heterocycles. The molecule has 0 radical (unpaired) electrons. The molecule has 0 spiro atoms. The summed E-state index contributed by atoms with van der Waals surface area (Å²) in [5.41, 5.74) is 14.9. The Bertz CT molecular complexity index is 573. The number of hydrogen-bond acceptors (Lipinski definition) is 6. The van der Waals surface area contributed by atoms with Crippen LogP contribution in [0.1, 0.15) is 13.8 Å². The number of nitrogens with two attached hydrogens (primary N) is 2. The molecule has 2 unspecified atom stereocenters. The van der Waals surface area contributed by atoms with Gasteiger partial charge in [-0.1, -0.05) is 0 Å². The summed E-state index contributed by atoms with van der Waals surface area (Å²) < 4.78 is 0. The van der Waals surface area contributed by atoms with Crippen LogP contribution in [0.15, 0.2) is 48.5 Å². The van der Waals surface area contributed by atoms with Crippen molar-refractivity contribution in [3.63, 3.8) is 0 Å². The van der Waals surface area contributed by atoms with Crippen molar-refractivity contribution < 1.29 is 10.2 Å². The lowest BCUT2D eigenvalue weighted by molar-refractivity contribution is -0.0818. The van der Waals surface area contributed by atoms with Crippen molar-refractivity contribution >= 4 is 22.7 Å². The zero-order valence-electron chi connectivity index (χ0n) is 14.1. The Morgan fingerprint density at radius 3 is 1.46 bits per heavy atom. The van der Waals surface area contributed by atoms with Gasteiger partial charge in [-0.05, 0) is 62.4 Å². The van der Waals surface area contributed by atoms with E-state index < -0.39 is 12.5 Å². The van der Waals surface area contributed by atoms with Crippen LogP contribution < -0.4 is 16.4 Å². The van der Waals surface area contributed by atoms with Crippen LogP contribution in [-0.4, -0.2) is 40.7 Å². The zero-order valence-corrected chi connectivity index (χ0v) is 14.1. The average molecular weight is 330 g/mol. The Labute approximate surface area is 142 Å². The van der Waals surface area contributed by atoms with Crippen LogP contribution in [0.3, 0.4) is 0 Å². The highest BCUT2D eigenvalue weighted by molar-refractivity contribution is 5.66. The first-order chi connectivity index (χ1) is 11.4. The Morgan fingerprint density at radius 1 is 0.750 bits per heavy atom. The van der Waals surface area contributed by atoms with Gasteiger partial charge in [-0.2, -0.15) is 0 Å². The van der Waals surface area contributed by atoms with E-state index >= 15 is 0 Å². The number of benzene rings is 2. The predicted molar refractivity (Wildman–Crippen MR) is 98.8 cm³/mol. The fraction of sp³-hybridized carbons (Fsp3) is 0.333. The molecule has 130 valence electrons. The molecule has 2 atom stereocenters. The lowest BCUT2D eigenvalue weighted by Gasteiger charge is -2.32. The van der Waals surface area contributed by atoms with Crippen LogP contribution in [0.25, 0.3) is 0 Å². The van der Waals surface area contributed by atoms with Gasteiger partial charge in [0, 0.05) is 35.8 Å². The molecular formula is C18H26N4O2. The lowest BCUT2D eigenvalue weighted by atomic mass is 10.2. The molecule has 6 N–H and O–H groups in total. The second-order valence-corrected chi connectivity index (χ2v) is 5.84. The molecule has 6 heteroatoms. The van der Waals surface area contributed by atoms with Gasteiger partial charge >= 0.3 is 0 Å². The third-order valence-electron chi connectivity index (χ3n) is 3.95. The Kier molecular flexibility index (Phi) is 6.03. The third kappa shape index (κ3) is 4.61. The van der Waals surface area contributed by atoms with Crippen molar-refractivity contribution in [2.45, 2.75) is 26.3 Å². The molecule has 0 fully saturated rings. The second kappa shape index (κ2) is 8.01. The van der Waals surface area contributed by atoms with Gasteiger partial charge in [0.05, 0.1) is 0 Å². The first-order valence-corrected chi connectivity index (χ1v) is 7.99. The number of rotatable bonds is 7. The zero-order chi connectivity index (χ0) is 17.7. The smallest absolute Gasteiger partial charge is 0.106 e. The van der Waals surface area contributed by atoms with Crippen molar-refractivity contribution in [2.75, 3.05) is 29.5 Å². The standard InChI is InChI=1S/C18H26N4O2/c1-13(23)21(14(2)24)11-12-22(17-7-3-15(19)4-8-17)18-9-5-16(20)6-10-18/h3-10,13-14,23-24H,11-12,19-20H2,1-2H3. The normalized spacial score (nSPS) is 13.7. The van der Waals surface area contributed by atoms with E-state index in [2.05, 4.69) is 4.90 Å². The van der Waals surface area contributed by atoms with E-state index in [0.717, 1.165) is 11.4 Å². The summed E-state index contributed by atoms with van der Waals surface area (Å²) in [6.07, 6.45) is -1.46. The van der Waals surface area contributed by atoms with Crippen LogP contribution in [-0.2, 0) is 0 Å². The van der Waals surface area contributed by atoms with Gasteiger partial charge in [0.15, 0.2) is 0 Å². The molecule has 0 saturated heterocycles. The molecule has 6 nitrogen and oxygen atoms in total. The van der Waals surface area contributed by atoms with Gasteiger partial charge in [0.1, 0.15) is 12.5 Å². The molecule has 0 bridgehead atoms. The largest absolute Gasteiger partial charge is 0.399 e. The molecule has 0 amide bonds. The molecule has 2 aromatic carbocycles. The highest BCUT2D eigenvalue weighted by Crippen LogP contribution is 2.27. The summed E-state index contributed by atoms with van der Waals surface area (Å²) in [6, 6.07) is 15.2. The van der Waals surface area contributed by atoms with Gasteiger partial charge in [-0.3, -0.25) is 4.90 Å². The maximum atomic E-state index is 9.82. The minimum Gasteiger partial charge on any atom is -0.399 e. The number of hydrogen-bond donors (Lipinski definition) is 4. The number of aliphatic hydroxyl groups is 2. The van der Waals surface area contributed by atoms with Crippen molar-refractivity contribution in [3.8, 4) is 0 Å². The quantitative estimate of drug-likeness (QED) is 0.458. The van der Waals surface area contributed by atoms with E-state index in [0.29, 0.717) is 24.5 Å². The summed E-state index contributed by atoms with van der Waals surface area (Å²) in [4.78, 5) is 3.71. The Hall–Kier alpha value is -2.28. The maximum absolute atomic E-state index is 9.82. The number of aliphatic hydroxyl groups excluding tert-OH is 2. The van der Waals surface area contributed by atoms with Gasteiger partial charge in [0.25, 0.3) is 0 Å². The lowest BCUT2D eigenvalue weighted by Crippen LogP contribution is -2.44. The summed E-state index contributed by atoms with van der Waals surface area (Å²) in [6.45, 7) is 4.36. The van der Waals surface area contributed by atoms with E-state index in [1.54, 1.807) is 18.7 Å². The molecule has 0 aromatic heterocycles. The van der Waals surface area contributed by atoms with Gasteiger partial charge in [-0.25, -0.2) is 0 Å². The van der Waals surface area contributed by atoms with Gasteiger partial charge in [0.2, 0.25) is 0 Å². The minimum atomic E-state index is -0.732. The summed E-state index contributed by atoms with van der Waals surface area (Å²) in [5.74, 6) is 0.